The summed E-state index contributed by atoms with van der Waals surface area (Å²) in [6.45, 7) is 2.37. The van der Waals surface area contributed by atoms with E-state index in [9.17, 15) is 18.4 Å². The van der Waals surface area contributed by atoms with Crippen molar-refractivity contribution in [2.24, 2.45) is 5.92 Å². The molecule has 0 bridgehead atoms. The van der Waals surface area contributed by atoms with E-state index in [1.54, 1.807) is 29.2 Å². The quantitative estimate of drug-likeness (QED) is 0.747. The van der Waals surface area contributed by atoms with Crippen LogP contribution in [0.4, 0.5) is 8.78 Å². The highest BCUT2D eigenvalue weighted by Crippen LogP contribution is 2.30. The minimum absolute atomic E-state index is 0.0119. The van der Waals surface area contributed by atoms with Crippen LogP contribution in [0.15, 0.2) is 48.5 Å². The van der Waals surface area contributed by atoms with Gasteiger partial charge in [0.05, 0.1) is 12.6 Å². The fourth-order valence-electron chi connectivity index (χ4n) is 4.74. The number of halogens is 2. The van der Waals surface area contributed by atoms with Crippen molar-refractivity contribution in [1.29, 1.82) is 0 Å². The molecule has 2 aliphatic rings. The van der Waals surface area contributed by atoms with Crippen molar-refractivity contribution in [2.75, 3.05) is 32.7 Å². The third kappa shape index (κ3) is 5.33. The molecule has 32 heavy (non-hydrogen) atoms. The maximum atomic E-state index is 13.5. The molecule has 1 saturated heterocycles. The molecular weight excluding hydrogens is 412 g/mol. The fraction of sp³-hybridized carbons (Fsp3) is 0.440. The van der Waals surface area contributed by atoms with E-state index in [0.717, 1.165) is 36.8 Å². The van der Waals surface area contributed by atoms with Crippen LogP contribution in [-0.4, -0.2) is 54.3 Å². The van der Waals surface area contributed by atoms with Crippen molar-refractivity contribution in [3.8, 4) is 0 Å². The number of carbonyl (C=O) groups excluding carboxylic acids is 2. The van der Waals surface area contributed by atoms with E-state index in [4.69, 9.17) is 0 Å². The van der Waals surface area contributed by atoms with E-state index >= 15 is 0 Å². The maximum absolute atomic E-state index is 13.5. The molecule has 7 heteroatoms. The molecule has 1 saturated carbocycles. The molecule has 4 rings (SSSR count). The number of carbonyl (C=O) groups is 2. The Balaban J connectivity index is 1.38. The summed E-state index contributed by atoms with van der Waals surface area (Å²) in [6.07, 6.45) is 3.98. The molecular formula is C25H29F2N3O2. The Morgan fingerprint density at radius 3 is 1.84 bits per heavy atom. The number of piperazine rings is 1. The number of hydrogen-bond acceptors (Lipinski definition) is 3. The van der Waals surface area contributed by atoms with Crippen molar-refractivity contribution >= 4 is 11.8 Å². The van der Waals surface area contributed by atoms with Gasteiger partial charge in [-0.25, -0.2) is 8.78 Å². The van der Waals surface area contributed by atoms with Crippen molar-refractivity contribution in [2.45, 2.75) is 31.7 Å². The molecule has 2 amide bonds. The summed E-state index contributed by atoms with van der Waals surface area (Å²) in [4.78, 5) is 28.8. The van der Waals surface area contributed by atoms with Crippen LogP contribution >= 0.6 is 0 Å². The maximum Gasteiger partial charge on any atom is 0.242 e. The minimum atomic E-state index is -0.304. The zero-order valence-electron chi connectivity index (χ0n) is 18.1. The molecule has 1 aliphatic heterocycles. The van der Waals surface area contributed by atoms with Gasteiger partial charge >= 0.3 is 0 Å². The lowest BCUT2D eigenvalue weighted by molar-refractivity contribution is -0.135. The van der Waals surface area contributed by atoms with Crippen LogP contribution in [0.5, 0.6) is 0 Å². The molecule has 0 unspecified atom stereocenters. The van der Waals surface area contributed by atoms with Crippen LogP contribution in [0.25, 0.3) is 0 Å². The van der Waals surface area contributed by atoms with Crippen LogP contribution in [0.2, 0.25) is 0 Å². The minimum Gasteiger partial charge on any atom is -0.347 e. The van der Waals surface area contributed by atoms with E-state index in [-0.39, 0.29) is 42.0 Å². The van der Waals surface area contributed by atoms with Gasteiger partial charge in [-0.3, -0.25) is 14.5 Å². The van der Waals surface area contributed by atoms with Gasteiger partial charge in [-0.05, 0) is 48.2 Å². The first kappa shape index (κ1) is 22.4. The Kier molecular flexibility index (Phi) is 7.15. The van der Waals surface area contributed by atoms with E-state index in [2.05, 4.69) is 10.2 Å². The third-order valence-corrected chi connectivity index (χ3v) is 6.54. The van der Waals surface area contributed by atoms with Gasteiger partial charge in [0.25, 0.3) is 0 Å². The molecule has 1 aliphatic carbocycles. The summed E-state index contributed by atoms with van der Waals surface area (Å²) in [5.41, 5.74) is 1.84. The lowest BCUT2D eigenvalue weighted by Gasteiger charge is -2.40. The van der Waals surface area contributed by atoms with Crippen molar-refractivity contribution in [1.82, 2.24) is 15.1 Å². The molecule has 1 N–H and O–H groups in total. The number of rotatable bonds is 6. The Bertz CT molecular complexity index is 874. The van der Waals surface area contributed by atoms with Gasteiger partial charge in [0, 0.05) is 32.1 Å². The topological polar surface area (TPSA) is 52.7 Å². The predicted molar refractivity (Wildman–Crippen MR) is 118 cm³/mol. The van der Waals surface area contributed by atoms with Crippen LogP contribution in [0.3, 0.4) is 0 Å². The summed E-state index contributed by atoms with van der Waals surface area (Å²) in [5.74, 6) is -0.645. The van der Waals surface area contributed by atoms with Gasteiger partial charge in [0.15, 0.2) is 0 Å². The first-order chi connectivity index (χ1) is 15.5. The van der Waals surface area contributed by atoms with E-state index in [0.29, 0.717) is 26.2 Å². The van der Waals surface area contributed by atoms with Gasteiger partial charge in [0.1, 0.15) is 11.6 Å². The normalized spacial score (nSPS) is 17.7. The van der Waals surface area contributed by atoms with Crippen LogP contribution in [-0.2, 0) is 9.59 Å². The van der Waals surface area contributed by atoms with Gasteiger partial charge in [-0.1, -0.05) is 37.1 Å². The molecule has 0 radical (unpaired) electrons. The first-order valence-corrected chi connectivity index (χ1v) is 11.3. The molecule has 5 nitrogen and oxygen atoms in total. The molecule has 0 aromatic heterocycles. The molecule has 1 heterocycles. The molecule has 2 fully saturated rings. The number of nitrogens with zero attached hydrogens (tertiary/aromatic N) is 2. The van der Waals surface area contributed by atoms with E-state index < -0.39 is 0 Å². The van der Waals surface area contributed by atoms with Gasteiger partial charge in [-0.2, -0.15) is 0 Å². The Morgan fingerprint density at radius 1 is 0.844 bits per heavy atom. The monoisotopic (exact) mass is 441 g/mol. The highest BCUT2D eigenvalue weighted by molar-refractivity contribution is 5.86. The second kappa shape index (κ2) is 10.2. The third-order valence-electron chi connectivity index (χ3n) is 6.54. The first-order valence-electron chi connectivity index (χ1n) is 11.3. The van der Waals surface area contributed by atoms with Crippen LogP contribution in [0, 0.1) is 17.6 Å². The Labute approximate surface area is 187 Å². The SMILES string of the molecule is O=C(NCC(=O)N1CCN(C(c2ccc(F)cc2)c2ccc(F)cc2)CC1)C1CCCC1. The average Bonchev–Trinajstić information content (AvgIpc) is 3.36. The van der Waals surface area contributed by atoms with Crippen LogP contribution < -0.4 is 5.32 Å². The van der Waals surface area contributed by atoms with Crippen molar-refractivity contribution < 1.29 is 18.4 Å². The standard InChI is InChI=1S/C25H29F2N3O2/c26-21-9-5-18(6-10-21)24(19-7-11-22(27)12-8-19)30-15-13-29(14-16-30)23(31)17-28-25(32)20-3-1-2-4-20/h5-12,20,24H,1-4,13-17H2,(H,28,32). The lowest BCUT2D eigenvalue weighted by atomic mass is 9.96. The average molecular weight is 442 g/mol. The number of benzene rings is 2. The number of hydrogen-bond donors (Lipinski definition) is 1. The van der Waals surface area contributed by atoms with Gasteiger partial charge in [0.2, 0.25) is 11.8 Å². The van der Waals surface area contributed by atoms with Crippen molar-refractivity contribution in [3.05, 3.63) is 71.3 Å². The molecule has 0 atom stereocenters. The van der Waals surface area contributed by atoms with E-state index in [1.165, 1.54) is 24.3 Å². The second-order valence-corrected chi connectivity index (χ2v) is 8.62. The Hall–Kier alpha value is -2.80. The van der Waals surface area contributed by atoms with E-state index in [1.807, 2.05) is 0 Å². The van der Waals surface area contributed by atoms with Gasteiger partial charge in [-0.15, -0.1) is 0 Å². The summed E-state index contributed by atoms with van der Waals surface area (Å²) in [7, 11) is 0. The largest absolute Gasteiger partial charge is 0.347 e. The van der Waals surface area contributed by atoms with Gasteiger partial charge < -0.3 is 10.2 Å². The molecule has 2 aromatic rings. The number of amides is 2. The highest BCUT2D eigenvalue weighted by Gasteiger charge is 2.29. The summed E-state index contributed by atoms with van der Waals surface area (Å²) in [5, 5.41) is 2.80. The second-order valence-electron chi connectivity index (χ2n) is 8.62. The fourth-order valence-corrected chi connectivity index (χ4v) is 4.74. The summed E-state index contributed by atoms with van der Waals surface area (Å²) in [6, 6.07) is 12.6. The Morgan fingerprint density at radius 2 is 1.34 bits per heavy atom. The number of nitrogens with one attached hydrogen (secondary N) is 1. The lowest BCUT2D eigenvalue weighted by Crippen LogP contribution is -2.52. The smallest absolute Gasteiger partial charge is 0.242 e. The summed E-state index contributed by atoms with van der Waals surface area (Å²) < 4.78 is 27.0. The predicted octanol–water partition coefficient (Wildman–Crippen LogP) is 3.50. The zero-order valence-corrected chi connectivity index (χ0v) is 18.1. The molecule has 2 aromatic carbocycles. The van der Waals surface area contributed by atoms with Crippen molar-refractivity contribution in [3.63, 3.8) is 0 Å². The van der Waals surface area contributed by atoms with Crippen LogP contribution in [0.1, 0.15) is 42.9 Å². The summed E-state index contributed by atoms with van der Waals surface area (Å²) >= 11 is 0. The zero-order chi connectivity index (χ0) is 22.5. The molecule has 0 spiro atoms. The highest BCUT2D eigenvalue weighted by atomic mass is 19.1. The molecule has 170 valence electrons.